The largest absolute Gasteiger partial charge is 0.494 e. The maximum absolute atomic E-state index is 13.0. The van der Waals surface area contributed by atoms with E-state index in [1.807, 2.05) is 6.92 Å². The molecule has 0 N–H and O–H groups in total. The zero-order chi connectivity index (χ0) is 19.7. The van der Waals surface area contributed by atoms with Crippen LogP contribution in [-0.4, -0.2) is 43.5 Å². The predicted octanol–water partition coefficient (Wildman–Crippen LogP) is 2.95. The Labute approximate surface area is 154 Å². The van der Waals surface area contributed by atoms with Crippen molar-refractivity contribution in [1.82, 2.24) is 9.29 Å². The molecule has 0 radical (unpaired) electrons. The zero-order valence-corrected chi connectivity index (χ0v) is 15.1. The van der Waals surface area contributed by atoms with Gasteiger partial charge in [0.05, 0.1) is 24.6 Å². The van der Waals surface area contributed by atoms with Gasteiger partial charge < -0.3 is 9.47 Å². The Morgan fingerprint density at radius 2 is 1.85 bits per heavy atom. The van der Waals surface area contributed by atoms with Gasteiger partial charge in [-0.1, -0.05) is 0 Å². The van der Waals surface area contributed by atoms with E-state index < -0.39 is 33.7 Å². The van der Waals surface area contributed by atoms with Gasteiger partial charge in [0.1, 0.15) is 17.4 Å². The molecule has 2 aromatic rings. The number of ether oxygens (including phenoxy) is 2. The van der Waals surface area contributed by atoms with Crippen LogP contribution in [0.2, 0.25) is 0 Å². The molecule has 0 saturated carbocycles. The molecule has 1 aliphatic heterocycles. The Morgan fingerprint density at radius 1 is 1.19 bits per heavy atom. The fourth-order valence-corrected chi connectivity index (χ4v) is 4.06. The summed E-state index contributed by atoms with van der Waals surface area (Å²) < 4.78 is 75.6. The van der Waals surface area contributed by atoms with Gasteiger partial charge >= 0.3 is 6.18 Å². The standard InChI is InChI=1S/C17H17F3N2O4S/c1-2-25-12-5-7-14(8-6-12)27(23,24)22-10-13(11-22)26-16-15(17(18,19)20)4-3-9-21-16/h3-9,13H,2,10-11H2,1H3. The van der Waals surface area contributed by atoms with Crippen molar-refractivity contribution in [2.45, 2.75) is 24.1 Å². The summed E-state index contributed by atoms with van der Waals surface area (Å²) in [5.41, 5.74) is -0.988. The lowest BCUT2D eigenvalue weighted by Crippen LogP contribution is -2.56. The van der Waals surface area contributed by atoms with E-state index in [2.05, 4.69) is 4.98 Å². The van der Waals surface area contributed by atoms with Crippen molar-refractivity contribution in [1.29, 1.82) is 0 Å². The minimum absolute atomic E-state index is 0.0522. The van der Waals surface area contributed by atoms with Crippen LogP contribution >= 0.6 is 0 Å². The lowest BCUT2D eigenvalue weighted by Gasteiger charge is -2.37. The average molecular weight is 402 g/mol. The highest BCUT2D eigenvalue weighted by molar-refractivity contribution is 7.89. The van der Waals surface area contributed by atoms with Crippen molar-refractivity contribution in [2.24, 2.45) is 0 Å². The fraction of sp³-hybridized carbons (Fsp3) is 0.353. The molecule has 1 aromatic heterocycles. The zero-order valence-electron chi connectivity index (χ0n) is 14.3. The number of nitrogens with zero attached hydrogens (tertiary/aromatic N) is 2. The van der Waals surface area contributed by atoms with Crippen LogP contribution in [0.4, 0.5) is 13.2 Å². The topological polar surface area (TPSA) is 68.7 Å². The van der Waals surface area contributed by atoms with Crippen LogP contribution in [0, 0.1) is 0 Å². The molecule has 1 aliphatic rings. The van der Waals surface area contributed by atoms with Gasteiger partial charge in [0.2, 0.25) is 15.9 Å². The molecule has 0 aliphatic carbocycles. The lowest BCUT2D eigenvalue weighted by atomic mass is 10.2. The van der Waals surface area contributed by atoms with Crippen molar-refractivity contribution in [3.05, 3.63) is 48.2 Å². The molecule has 27 heavy (non-hydrogen) atoms. The summed E-state index contributed by atoms with van der Waals surface area (Å²) >= 11 is 0. The molecule has 2 heterocycles. The summed E-state index contributed by atoms with van der Waals surface area (Å²) in [6.45, 7) is 2.17. The van der Waals surface area contributed by atoms with Gasteiger partial charge in [0, 0.05) is 6.20 Å². The van der Waals surface area contributed by atoms with E-state index in [9.17, 15) is 21.6 Å². The van der Waals surface area contributed by atoms with Gasteiger partial charge in [0.15, 0.2) is 0 Å². The first-order valence-corrected chi connectivity index (χ1v) is 9.57. The Balaban J connectivity index is 1.66. The average Bonchev–Trinajstić information content (AvgIpc) is 2.58. The molecule has 1 fully saturated rings. The normalized spacial score (nSPS) is 16.0. The lowest BCUT2D eigenvalue weighted by molar-refractivity contribution is -0.140. The Hall–Kier alpha value is -2.33. The van der Waals surface area contributed by atoms with Crippen LogP contribution in [0.5, 0.6) is 11.6 Å². The first kappa shape index (κ1) is 19.4. The Kier molecular flexibility index (Phi) is 5.29. The number of sulfonamides is 1. The highest BCUT2D eigenvalue weighted by Crippen LogP contribution is 2.36. The second kappa shape index (κ2) is 7.35. The van der Waals surface area contributed by atoms with E-state index in [4.69, 9.17) is 9.47 Å². The van der Waals surface area contributed by atoms with E-state index in [-0.39, 0.29) is 18.0 Å². The second-order valence-electron chi connectivity index (χ2n) is 5.82. The minimum atomic E-state index is -4.60. The van der Waals surface area contributed by atoms with Crippen LogP contribution in [0.15, 0.2) is 47.5 Å². The van der Waals surface area contributed by atoms with Gasteiger partial charge in [-0.25, -0.2) is 13.4 Å². The number of hydrogen-bond acceptors (Lipinski definition) is 5. The molecule has 1 aromatic carbocycles. The third-order valence-corrected chi connectivity index (χ3v) is 5.79. The molecule has 0 spiro atoms. The summed E-state index contributed by atoms with van der Waals surface area (Å²) in [5.74, 6) is 0.00390. The van der Waals surface area contributed by atoms with Crippen LogP contribution in [-0.2, 0) is 16.2 Å². The van der Waals surface area contributed by atoms with E-state index in [1.54, 1.807) is 12.1 Å². The molecule has 10 heteroatoms. The number of aromatic nitrogens is 1. The van der Waals surface area contributed by atoms with Gasteiger partial charge in [-0.05, 0) is 43.3 Å². The van der Waals surface area contributed by atoms with Crippen LogP contribution in [0.3, 0.4) is 0 Å². The first-order valence-electron chi connectivity index (χ1n) is 8.13. The predicted molar refractivity (Wildman–Crippen MR) is 90.0 cm³/mol. The number of hydrogen-bond donors (Lipinski definition) is 0. The smallest absolute Gasteiger partial charge is 0.421 e. The Bertz CT molecular complexity index is 895. The number of alkyl halides is 3. The van der Waals surface area contributed by atoms with Crippen LogP contribution in [0.25, 0.3) is 0 Å². The van der Waals surface area contributed by atoms with Crippen molar-refractivity contribution in [3.63, 3.8) is 0 Å². The highest BCUT2D eigenvalue weighted by Gasteiger charge is 2.41. The third kappa shape index (κ3) is 4.16. The SMILES string of the molecule is CCOc1ccc(S(=O)(=O)N2CC(Oc3ncccc3C(F)(F)F)C2)cc1. The van der Waals surface area contributed by atoms with Gasteiger partial charge in [0.25, 0.3) is 0 Å². The van der Waals surface area contributed by atoms with Crippen LogP contribution in [0.1, 0.15) is 12.5 Å². The van der Waals surface area contributed by atoms with E-state index in [0.717, 1.165) is 10.4 Å². The summed E-state index contributed by atoms with van der Waals surface area (Å²) in [5, 5.41) is 0. The summed E-state index contributed by atoms with van der Waals surface area (Å²) in [6.07, 6.45) is -4.10. The molecule has 0 amide bonds. The first-order chi connectivity index (χ1) is 12.7. The minimum Gasteiger partial charge on any atom is -0.494 e. The molecule has 1 saturated heterocycles. The Morgan fingerprint density at radius 3 is 2.44 bits per heavy atom. The quantitative estimate of drug-likeness (QED) is 0.743. The van der Waals surface area contributed by atoms with E-state index in [0.29, 0.717) is 12.4 Å². The van der Waals surface area contributed by atoms with Gasteiger partial charge in [-0.2, -0.15) is 17.5 Å². The molecule has 3 rings (SSSR count). The summed E-state index contributed by atoms with van der Waals surface area (Å²) in [7, 11) is -3.74. The van der Waals surface area contributed by atoms with Crippen molar-refractivity contribution >= 4 is 10.0 Å². The highest BCUT2D eigenvalue weighted by atomic mass is 32.2. The number of pyridine rings is 1. The summed E-state index contributed by atoms with van der Waals surface area (Å²) in [6, 6.07) is 7.99. The van der Waals surface area contributed by atoms with Crippen molar-refractivity contribution in [2.75, 3.05) is 19.7 Å². The fourth-order valence-electron chi connectivity index (χ4n) is 2.55. The number of benzene rings is 1. The molecular formula is C17H17F3N2O4S. The third-order valence-electron chi connectivity index (χ3n) is 3.94. The molecule has 0 unspecified atom stereocenters. The van der Waals surface area contributed by atoms with E-state index in [1.165, 1.54) is 24.4 Å². The number of halogens is 3. The molecule has 146 valence electrons. The number of rotatable bonds is 6. The maximum Gasteiger partial charge on any atom is 0.421 e. The second-order valence-corrected chi connectivity index (χ2v) is 7.76. The molecule has 0 atom stereocenters. The molecular weight excluding hydrogens is 385 g/mol. The van der Waals surface area contributed by atoms with Gasteiger partial charge in [-0.3, -0.25) is 0 Å². The maximum atomic E-state index is 13.0. The summed E-state index contributed by atoms with van der Waals surface area (Å²) in [4.78, 5) is 3.70. The van der Waals surface area contributed by atoms with Crippen LogP contribution < -0.4 is 9.47 Å². The van der Waals surface area contributed by atoms with E-state index >= 15 is 0 Å². The molecule has 0 bridgehead atoms. The van der Waals surface area contributed by atoms with Crippen molar-refractivity contribution in [3.8, 4) is 11.6 Å². The monoisotopic (exact) mass is 402 g/mol. The van der Waals surface area contributed by atoms with Gasteiger partial charge in [-0.15, -0.1) is 0 Å². The molecule has 6 nitrogen and oxygen atoms in total. The van der Waals surface area contributed by atoms with Crippen molar-refractivity contribution < 1.29 is 31.1 Å².